The van der Waals surface area contributed by atoms with Crippen molar-refractivity contribution in [2.75, 3.05) is 37.0 Å². The third-order valence-corrected chi connectivity index (χ3v) is 5.07. The molecule has 9 nitrogen and oxygen atoms in total. The molecule has 1 fully saturated rings. The van der Waals surface area contributed by atoms with Crippen molar-refractivity contribution in [3.63, 3.8) is 0 Å². The Bertz CT molecular complexity index is 1100. The number of terminal acetylenes is 1. The van der Waals surface area contributed by atoms with Crippen molar-refractivity contribution in [1.29, 1.82) is 0 Å². The highest BCUT2D eigenvalue weighted by atomic mass is 16.5. The van der Waals surface area contributed by atoms with Crippen molar-refractivity contribution in [3.05, 3.63) is 36.4 Å². The van der Waals surface area contributed by atoms with E-state index in [9.17, 15) is 4.79 Å². The Morgan fingerprint density at radius 1 is 1.37 bits per heavy atom. The minimum absolute atomic E-state index is 0.0825. The van der Waals surface area contributed by atoms with Crippen LogP contribution in [-0.2, 0) is 7.05 Å². The van der Waals surface area contributed by atoms with Crippen LogP contribution in [0.1, 0.15) is 16.9 Å². The van der Waals surface area contributed by atoms with Crippen LogP contribution in [0, 0.1) is 12.3 Å². The number of carbonyl (C=O) groups excluding carboxylic acids is 1. The van der Waals surface area contributed by atoms with Crippen molar-refractivity contribution < 1.29 is 9.53 Å². The Labute approximate surface area is 174 Å². The number of rotatable bonds is 6. The summed E-state index contributed by atoms with van der Waals surface area (Å²) in [6.07, 6.45) is 11.3. The van der Waals surface area contributed by atoms with E-state index < -0.39 is 0 Å². The van der Waals surface area contributed by atoms with Crippen molar-refractivity contribution in [2.24, 2.45) is 7.05 Å². The standard InChI is InChI=1S/C21H23N7O2/c1-4-7-30-19-9-16-14(12-27(3)26-16)8-17(19)25-21(29)18-10-24-20(11-23-18)28-6-5-15(13-28)22-2/h1,8-12,15,22H,5-7,13H2,2-3H3,(H,25,29)/t15-/m1/s1. The Hall–Kier alpha value is -3.64. The van der Waals surface area contributed by atoms with Gasteiger partial charge in [0.25, 0.3) is 5.91 Å². The molecule has 0 radical (unpaired) electrons. The number of nitrogens with zero attached hydrogens (tertiary/aromatic N) is 5. The SMILES string of the molecule is C#CCOc1cc2nn(C)cc2cc1NC(=O)c1cnc(N2CC[C@@H](NC)C2)cn1. The molecule has 2 N–H and O–H groups in total. The Balaban J connectivity index is 1.53. The summed E-state index contributed by atoms with van der Waals surface area (Å²) in [5.74, 6) is 3.27. The number of hydrogen-bond donors (Lipinski definition) is 2. The van der Waals surface area contributed by atoms with Crippen molar-refractivity contribution in [1.82, 2.24) is 25.1 Å². The second-order valence-corrected chi connectivity index (χ2v) is 7.14. The molecule has 1 aliphatic rings. The van der Waals surface area contributed by atoms with Crippen LogP contribution >= 0.6 is 0 Å². The minimum atomic E-state index is -0.377. The molecule has 1 saturated heterocycles. The zero-order valence-electron chi connectivity index (χ0n) is 16.9. The third-order valence-electron chi connectivity index (χ3n) is 5.07. The maximum atomic E-state index is 12.8. The molecule has 0 bridgehead atoms. The topological polar surface area (TPSA) is 97.2 Å². The fourth-order valence-electron chi connectivity index (χ4n) is 3.50. The summed E-state index contributed by atoms with van der Waals surface area (Å²) in [5, 5.41) is 11.3. The number of aryl methyl sites for hydroxylation is 1. The number of likely N-dealkylation sites (N-methyl/N-ethyl adjacent to an activating group) is 1. The molecule has 3 heterocycles. The average Bonchev–Trinajstić information content (AvgIpc) is 3.37. The Morgan fingerprint density at radius 2 is 2.23 bits per heavy atom. The van der Waals surface area contributed by atoms with Gasteiger partial charge in [-0.2, -0.15) is 5.10 Å². The van der Waals surface area contributed by atoms with E-state index in [1.165, 1.54) is 6.20 Å². The van der Waals surface area contributed by atoms with E-state index in [1.807, 2.05) is 20.3 Å². The molecule has 4 rings (SSSR count). The molecule has 154 valence electrons. The first kappa shape index (κ1) is 19.7. The number of nitrogens with one attached hydrogen (secondary N) is 2. The summed E-state index contributed by atoms with van der Waals surface area (Å²) >= 11 is 0. The summed E-state index contributed by atoms with van der Waals surface area (Å²) in [6, 6.07) is 4.00. The monoisotopic (exact) mass is 405 g/mol. The average molecular weight is 405 g/mol. The molecular weight excluding hydrogens is 382 g/mol. The predicted octanol–water partition coefficient (Wildman–Crippen LogP) is 1.43. The number of fused-ring (bicyclic) bond motifs is 1. The summed E-state index contributed by atoms with van der Waals surface area (Å²) in [5.41, 5.74) is 1.47. The number of hydrogen-bond acceptors (Lipinski definition) is 7. The number of benzene rings is 1. The lowest BCUT2D eigenvalue weighted by Gasteiger charge is -2.17. The molecule has 1 aliphatic heterocycles. The zero-order valence-corrected chi connectivity index (χ0v) is 16.9. The van der Waals surface area contributed by atoms with Crippen molar-refractivity contribution in [2.45, 2.75) is 12.5 Å². The van der Waals surface area contributed by atoms with E-state index in [0.29, 0.717) is 17.5 Å². The lowest BCUT2D eigenvalue weighted by molar-refractivity contribution is 0.102. The lowest BCUT2D eigenvalue weighted by atomic mass is 10.2. The van der Waals surface area contributed by atoms with Crippen LogP contribution in [-0.4, -0.2) is 58.4 Å². The van der Waals surface area contributed by atoms with Crippen LogP contribution in [0.4, 0.5) is 11.5 Å². The first-order valence-electron chi connectivity index (χ1n) is 9.66. The van der Waals surface area contributed by atoms with Gasteiger partial charge in [0.1, 0.15) is 23.9 Å². The molecular formula is C21H23N7O2. The first-order chi connectivity index (χ1) is 14.6. The van der Waals surface area contributed by atoms with Crippen LogP contribution < -0.4 is 20.3 Å². The van der Waals surface area contributed by atoms with Gasteiger partial charge in [0.05, 0.1) is 23.6 Å². The fourth-order valence-corrected chi connectivity index (χ4v) is 3.50. The zero-order chi connectivity index (χ0) is 21.1. The molecule has 0 aliphatic carbocycles. The fraction of sp³-hybridized carbons (Fsp3) is 0.333. The maximum absolute atomic E-state index is 12.8. The lowest BCUT2D eigenvalue weighted by Crippen LogP contribution is -2.30. The van der Waals surface area contributed by atoms with Gasteiger partial charge in [-0.05, 0) is 19.5 Å². The van der Waals surface area contributed by atoms with Gasteiger partial charge in [-0.15, -0.1) is 6.42 Å². The molecule has 2 aromatic heterocycles. The highest BCUT2D eigenvalue weighted by Crippen LogP contribution is 2.30. The van der Waals surface area contributed by atoms with Gasteiger partial charge in [0.15, 0.2) is 0 Å². The Kier molecular flexibility index (Phi) is 5.50. The molecule has 0 spiro atoms. The van der Waals surface area contributed by atoms with Crippen LogP contribution in [0.25, 0.3) is 10.9 Å². The van der Waals surface area contributed by atoms with Gasteiger partial charge in [-0.3, -0.25) is 9.48 Å². The maximum Gasteiger partial charge on any atom is 0.275 e. The van der Waals surface area contributed by atoms with Crippen LogP contribution in [0.2, 0.25) is 0 Å². The number of ether oxygens (including phenoxy) is 1. The molecule has 1 amide bonds. The van der Waals surface area contributed by atoms with E-state index in [-0.39, 0.29) is 18.2 Å². The second kappa shape index (κ2) is 8.39. The normalized spacial score (nSPS) is 15.9. The van der Waals surface area contributed by atoms with Crippen molar-refractivity contribution in [3.8, 4) is 18.1 Å². The predicted molar refractivity (Wildman–Crippen MR) is 115 cm³/mol. The quantitative estimate of drug-likeness (QED) is 0.599. The molecule has 1 aromatic carbocycles. The van der Waals surface area contributed by atoms with Crippen molar-refractivity contribution >= 4 is 28.3 Å². The van der Waals surface area contributed by atoms with Crippen LogP contribution in [0.15, 0.2) is 30.7 Å². The molecule has 0 unspecified atom stereocenters. The van der Waals surface area contributed by atoms with Gasteiger partial charge in [-0.1, -0.05) is 5.92 Å². The van der Waals surface area contributed by atoms with E-state index in [1.54, 1.807) is 23.0 Å². The highest BCUT2D eigenvalue weighted by molar-refractivity contribution is 6.04. The summed E-state index contributed by atoms with van der Waals surface area (Å²) in [4.78, 5) is 23.6. The Morgan fingerprint density at radius 3 is 2.93 bits per heavy atom. The van der Waals surface area contributed by atoms with Crippen LogP contribution in [0.3, 0.4) is 0 Å². The minimum Gasteiger partial charge on any atom is -0.479 e. The molecule has 9 heteroatoms. The molecule has 1 atom stereocenters. The van der Waals surface area contributed by atoms with Gasteiger partial charge >= 0.3 is 0 Å². The first-order valence-corrected chi connectivity index (χ1v) is 9.66. The van der Waals surface area contributed by atoms with Gasteiger partial charge in [0.2, 0.25) is 0 Å². The molecule has 30 heavy (non-hydrogen) atoms. The number of carbonyl (C=O) groups is 1. The number of aromatic nitrogens is 4. The number of anilines is 2. The van der Waals surface area contributed by atoms with E-state index in [0.717, 1.165) is 36.2 Å². The van der Waals surface area contributed by atoms with Gasteiger partial charge < -0.3 is 20.3 Å². The third kappa shape index (κ3) is 4.04. The smallest absolute Gasteiger partial charge is 0.275 e. The summed E-state index contributed by atoms with van der Waals surface area (Å²) in [7, 11) is 3.79. The van der Waals surface area contributed by atoms with Crippen LogP contribution in [0.5, 0.6) is 5.75 Å². The summed E-state index contributed by atoms with van der Waals surface area (Å²) in [6.45, 7) is 1.86. The molecule has 3 aromatic rings. The number of amides is 1. The van der Waals surface area contributed by atoms with Gasteiger partial charge in [0, 0.05) is 43.8 Å². The second-order valence-electron chi connectivity index (χ2n) is 7.14. The van der Waals surface area contributed by atoms with E-state index in [2.05, 4.69) is 36.5 Å². The van der Waals surface area contributed by atoms with Gasteiger partial charge in [-0.25, -0.2) is 9.97 Å². The summed E-state index contributed by atoms with van der Waals surface area (Å²) < 4.78 is 7.30. The highest BCUT2D eigenvalue weighted by Gasteiger charge is 2.22. The van der Waals surface area contributed by atoms with E-state index >= 15 is 0 Å². The van der Waals surface area contributed by atoms with E-state index in [4.69, 9.17) is 11.2 Å². The largest absolute Gasteiger partial charge is 0.479 e. The molecule has 0 saturated carbocycles.